The summed E-state index contributed by atoms with van der Waals surface area (Å²) in [5, 5.41) is 2.74. The highest BCUT2D eigenvalue weighted by Gasteiger charge is 2.17. The standard InChI is InChI=1S/C14H21N3O2/c1-4-8-16-13(18)9-17(3)14(19)11-6-5-7-12(15)10(11)2/h5-7H,4,8-9,15H2,1-3H3,(H,16,18). The largest absolute Gasteiger partial charge is 0.398 e. The maximum absolute atomic E-state index is 12.2. The minimum atomic E-state index is -0.198. The smallest absolute Gasteiger partial charge is 0.254 e. The van der Waals surface area contributed by atoms with Crippen molar-refractivity contribution in [3.63, 3.8) is 0 Å². The van der Waals surface area contributed by atoms with Crippen molar-refractivity contribution >= 4 is 17.5 Å². The minimum absolute atomic E-state index is 0.0487. The predicted octanol–water partition coefficient (Wildman–Crippen LogP) is 1.18. The van der Waals surface area contributed by atoms with Crippen LogP contribution in [0.15, 0.2) is 18.2 Å². The van der Waals surface area contributed by atoms with Gasteiger partial charge in [-0.3, -0.25) is 9.59 Å². The first-order valence-electron chi connectivity index (χ1n) is 6.34. The lowest BCUT2D eigenvalue weighted by Crippen LogP contribution is -2.38. The van der Waals surface area contributed by atoms with E-state index in [2.05, 4.69) is 5.32 Å². The molecule has 0 aliphatic rings. The molecule has 0 fully saturated rings. The van der Waals surface area contributed by atoms with E-state index in [1.165, 1.54) is 4.90 Å². The number of carbonyl (C=O) groups excluding carboxylic acids is 2. The third-order valence-corrected chi connectivity index (χ3v) is 2.91. The Labute approximate surface area is 113 Å². The Bertz CT molecular complexity index is 472. The number of carbonyl (C=O) groups is 2. The van der Waals surface area contributed by atoms with Gasteiger partial charge in [0.15, 0.2) is 0 Å². The molecule has 0 bridgehead atoms. The molecule has 0 aliphatic heterocycles. The number of nitrogens with zero attached hydrogens (tertiary/aromatic N) is 1. The van der Waals surface area contributed by atoms with E-state index in [-0.39, 0.29) is 18.4 Å². The van der Waals surface area contributed by atoms with E-state index in [9.17, 15) is 9.59 Å². The summed E-state index contributed by atoms with van der Waals surface area (Å²) in [5.74, 6) is -0.351. The fourth-order valence-corrected chi connectivity index (χ4v) is 1.70. The molecule has 0 unspecified atom stereocenters. The van der Waals surface area contributed by atoms with Gasteiger partial charge in [-0.1, -0.05) is 13.0 Å². The van der Waals surface area contributed by atoms with Crippen LogP contribution in [0.3, 0.4) is 0 Å². The second-order valence-electron chi connectivity index (χ2n) is 4.53. The third-order valence-electron chi connectivity index (χ3n) is 2.91. The normalized spacial score (nSPS) is 10.1. The molecule has 1 rings (SSSR count). The number of amides is 2. The summed E-state index contributed by atoms with van der Waals surface area (Å²) in [6, 6.07) is 5.20. The van der Waals surface area contributed by atoms with Crippen LogP contribution in [0.5, 0.6) is 0 Å². The highest BCUT2D eigenvalue weighted by atomic mass is 16.2. The molecule has 104 valence electrons. The summed E-state index contributed by atoms with van der Waals surface area (Å²) >= 11 is 0. The number of nitrogens with two attached hydrogens (primary N) is 1. The number of benzene rings is 1. The van der Waals surface area contributed by atoms with E-state index in [0.717, 1.165) is 12.0 Å². The summed E-state index contributed by atoms with van der Waals surface area (Å²) in [6.45, 7) is 4.45. The number of hydrogen-bond donors (Lipinski definition) is 2. The zero-order chi connectivity index (χ0) is 14.4. The van der Waals surface area contributed by atoms with E-state index in [0.29, 0.717) is 17.8 Å². The van der Waals surface area contributed by atoms with Crippen molar-refractivity contribution < 1.29 is 9.59 Å². The van der Waals surface area contributed by atoms with Gasteiger partial charge in [0.25, 0.3) is 5.91 Å². The molecule has 3 N–H and O–H groups in total. The SMILES string of the molecule is CCCNC(=O)CN(C)C(=O)c1cccc(N)c1C. The van der Waals surface area contributed by atoms with Gasteiger partial charge in [-0.05, 0) is 31.0 Å². The molecule has 0 heterocycles. The molecule has 0 aromatic heterocycles. The quantitative estimate of drug-likeness (QED) is 0.783. The summed E-state index contributed by atoms with van der Waals surface area (Å²) in [6.07, 6.45) is 0.873. The van der Waals surface area contributed by atoms with Gasteiger partial charge < -0.3 is 16.0 Å². The van der Waals surface area contributed by atoms with Crippen LogP contribution < -0.4 is 11.1 Å². The molecular formula is C14H21N3O2. The van der Waals surface area contributed by atoms with Gasteiger partial charge in [-0.2, -0.15) is 0 Å². The summed E-state index contributed by atoms with van der Waals surface area (Å²) in [7, 11) is 1.61. The van der Waals surface area contributed by atoms with Crippen LogP contribution in [-0.2, 0) is 4.79 Å². The van der Waals surface area contributed by atoms with Crippen LogP contribution in [0, 0.1) is 6.92 Å². The molecule has 5 nitrogen and oxygen atoms in total. The molecular weight excluding hydrogens is 242 g/mol. The third kappa shape index (κ3) is 3.98. The number of hydrogen-bond acceptors (Lipinski definition) is 3. The van der Waals surface area contributed by atoms with Crippen LogP contribution in [0.1, 0.15) is 29.3 Å². The van der Waals surface area contributed by atoms with Gasteiger partial charge in [0, 0.05) is 24.8 Å². The summed E-state index contributed by atoms with van der Waals surface area (Å²) in [4.78, 5) is 25.2. The fourth-order valence-electron chi connectivity index (χ4n) is 1.70. The van der Waals surface area contributed by atoms with Crippen molar-refractivity contribution in [1.82, 2.24) is 10.2 Å². The van der Waals surface area contributed by atoms with Crippen LogP contribution in [0.4, 0.5) is 5.69 Å². The molecule has 1 aromatic carbocycles. The van der Waals surface area contributed by atoms with Crippen LogP contribution in [0.25, 0.3) is 0 Å². The molecule has 2 amide bonds. The van der Waals surface area contributed by atoms with Gasteiger partial charge in [-0.15, -0.1) is 0 Å². The Hall–Kier alpha value is -2.04. The molecule has 0 aliphatic carbocycles. The Balaban J connectivity index is 2.72. The number of rotatable bonds is 5. The molecule has 0 saturated carbocycles. The van der Waals surface area contributed by atoms with Crippen molar-refractivity contribution in [2.75, 3.05) is 25.9 Å². The van der Waals surface area contributed by atoms with Crippen LogP contribution in [0.2, 0.25) is 0 Å². The number of nitrogen functional groups attached to an aromatic ring is 1. The predicted molar refractivity (Wildman–Crippen MR) is 75.9 cm³/mol. The topological polar surface area (TPSA) is 75.4 Å². The average Bonchev–Trinajstić information content (AvgIpc) is 2.38. The first-order valence-corrected chi connectivity index (χ1v) is 6.34. The highest BCUT2D eigenvalue weighted by molar-refractivity contribution is 5.98. The second-order valence-corrected chi connectivity index (χ2v) is 4.53. The van der Waals surface area contributed by atoms with Gasteiger partial charge >= 0.3 is 0 Å². The van der Waals surface area contributed by atoms with E-state index in [1.807, 2.05) is 6.92 Å². The van der Waals surface area contributed by atoms with Crippen molar-refractivity contribution in [2.45, 2.75) is 20.3 Å². The van der Waals surface area contributed by atoms with Gasteiger partial charge in [0.05, 0.1) is 6.54 Å². The Kier molecular flexibility index (Phi) is 5.36. The molecule has 0 saturated heterocycles. The van der Waals surface area contributed by atoms with E-state index < -0.39 is 0 Å². The fraction of sp³-hybridized carbons (Fsp3) is 0.429. The van der Waals surface area contributed by atoms with E-state index in [4.69, 9.17) is 5.73 Å². The maximum Gasteiger partial charge on any atom is 0.254 e. The summed E-state index contributed by atoms with van der Waals surface area (Å²) < 4.78 is 0. The van der Waals surface area contributed by atoms with Crippen molar-refractivity contribution in [1.29, 1.82) is 0 Å². The average molecular weight is 263 g/mol. The van der Waals surface area contributed by atoms with E-state index in [1.54, 1.807) is 32.2 Å². The Morgan fingerprint density at radius 2 is 2.05 bits per heavy atom. The van der Waals surface area contributed by atoms with Crippen molar-refractivity contribution in [3.05, 3.63) is 29.3 Å². The second kappa shape index (κ2) is 6.78. The number of anilines is 1. The zero-order valence-corrected chi connectivity index (χ0v) is 11.7. The van der Waals surface area contributed by atoms with Crippen molar-refractivity contribution in [2.24, 2.45) is 0 Å². The first-order chi connectivity index (χ1) is 8.97. The lowest BCUT2D eigenvalue weighted by atomic mass is 10.1. The molecule has 0 atom stereocenters. The van der Waals surface area contributed by atoms with Gasteiger partial charge in [-0.25, -0.2) is 0 Å². The Morgan fingerprint density at radius 3 is 2.68 bits per heavy atom. The summed E-state index contributed by atoms with van der Waals surface area (Å²) in [5.41, 5.74) is 7.63. The van der Waals surface area contributed by atoms with Crippen LogP contribution in [-0.4, -0.2) is 36.9 Å². The van der Waals surface area contributed by atoms with Crippen LogP contribution >= 0.6 is 0 Å². The van der Waals surface area contributed by atoms with Gasteiger partial charge in [0.2, 0.25) is 5.91 Å². The molecule has 1 aromatic rings. The molecule has 19 heavy (non-hydrogen) atoms. The lowest BCUT2D eigenvalue weighted by molar-refractivity contribution is -0.121. The van der Waals surface area contributed by atoms with Gasteiger partial charge in [0.1, 0.15) is 0 Å². The zero-order valence-electron chi connectivity index (χ0n) is 11.7. The monoisotopic (exact) mass is 263 g/mol. The highest BCUT2D eigenvalue weighted by Crippen LogP contribution is 2.16. The minimum Gasteiger partial charge on any atom is -0.398 e. The maximum atomic E-state index is 12.2. The Morgan fingerprint density at radius 1 is 1.37 bits per heavy atom. The van der Waals surface area contributed by atoms with Crippen molar-refractivity contribution in [3.8, 4) is 0 Å². The lowest BCUT2D eigenvalue weighted by Gasteiger charge is -2.18. The molecule has 5 heteroatoms. The molecule has 0 radical (unpaired) electrons. The number of nitrogens with one attached hydrogen (secondary N) is 1. The number of likely N-dealkylation sites (N-methyl/N-ethyl adjacent to an activating group) is 1. The van der Waals surface area contributed by atoms with E-state index >= 15 is 0 Å². The first kappa shape index (κ1) is 15.0. The molecule has 0 spiro atoms.